The Kier molecular flexibility index (Phi) is 5.48. The fourth-order valence-electron chi connectivity index (χ4n) is 2.98. The van der Waals surface area contributed by atoms with Crippen molar-refractivity contribution >= 4 is 5.82 Å². The predicted octanol–water partition coefficient (Wildman–Crippen LogP) is 2.71. The molecule has 0 amide bonds. The first kappa shape index (κ1) is 17.6. The van der Waals surface area contributed by atoms with Gasteiger partial charge in [0.1, 0.15) is 23.5 Å². The van der Waals surface area contributed by atoms with E-state index in [1.165, 1.54) is 0 Å². The lowest BCUT2D eigenvalue weighted by molar-refractivity contribution is 0.224. The maximum absolute atomic E-state index is 6.18. The van der Waals surface area contributed by atoms with Crippen LogP contribution in [0.1, 0.15) is 37.7 Å². The topological polar surface area (TPSA) is 54.4 Å². The largest absolute Gasteiger partial charge is 0.488 e. The zero-order chi connectivity index (χ0) is 17.8. The number of pyridine rings is 1. The van der Waals surface area contributed by atoms with Crippen molar-refractivity contribution in [2.24, 2.45) is 0 Å². The molecule has 6 heteroatoms. The van der Waals surface area contributed by atoms with Gasteiger partial charge in [-0.1, -0.05) is 13.8 Å². The highest BCUT2D eigenvalue weighted by Crippen LogP contribution is 2.23. The minimum absolute atomic E-state index is 0.173. The zero-order valence-corrected chi connectivity index (χ0v) is 15.5. The molecule has 0 saturated carbocycles. The Bertz CT molecular complexity index is 704. The molecule has 1 aliphatic heterocycles. The summed E-state index contributed by atoms with van der Waals surface area (Å²) < 4.78 is 6.18. The third-order valence-electron chi connectivity index (χ3n) is 4.21. The van der Waals surface area contributed by atoms with E-state index in [0.717, 1.165) is 49.1 Å². The molecule has 2 aromatic heterocycles. The normalized spacial score (nSPS) is 17.5. The predicted molar refractivity (Wildman–Crippen MR) is 99.0 cm³/mol. The van der Waals surface area contributed by atoms with Gasteiger partial charge < -0.3 is 14.5 Å². The molecule has 0 aromatic carbocycles. The van der Waals surface area contributed by atoms with E-state index in [2.05, 4.69) is 38.6 Å². The standard InChI is InChI=1S/C19H27N5O/c1-14(2)19-21-9-6-18(22-19)24-10-7-17(13-24)25-16-5-8-20-15(11-16)12-23(3)4/h5-6,8-9,11,14,17H,7,10,12-13H2,1-4H3. The van der Waals surface area contributed by atoms with Crippen molar-refractivity contribution < 1.29 is 4.74 Å². The first-order valence-electron chi connectivity index (χ1n) is 8.85. The minimum Gasteiger partial charge on any atom is -0.488 e. The maximum atomic E-state index is 6.18. The molecule has 25 heavy (non-hydrogen) atoms. The summed E-state index contributed by atoms with van der Waals surface area (Å²) in [7, 11) is 4.08. The van der Waals surface area contributed by atoms with Gasteiger partial charge in [0, 0.05) is 43.9 Å². The van der Waals surface area contributed by atoms with Gasteiger partial charge in [0.25, 0.3) is 0 Å². The van der Waals surface area contributed by atoms with Crippen LogP contribution in [0, 0.1) is 0 Å². The molecule has 1 aliphatic rings. The van der Waals surface area contributed by atoms with E-state index in [1.54, 1.807) is 0 Å². The second-order valence-corrected chi connectivity index (χ2v) is 7.12. The average Bonchev–Trinajstić information content (AvgIpc) is 3.03. The number of hydrogen-bond acceptors (Lipinski definition) is 6. The van der Waals surface area contributed by atoms with E-state index in [1.807, 2.05) is 44.7 Å². The Balaban J connectivity index is 1.62. The van der Waals surface area contributed by atoms with Crippen LogP contribution in [0.15, 0.2) is 30.6 Å². The highest BCUT2D eigenvalue weighted by molar-refractivity contribution is 5.39. The molecule has 134 valence electrons. The maximum Gasteiger partial charge on any atom is 0.133 e. The van der Waals surface area contributed by atoms with Gasteiger partial charge in [0.2, 0.25) is 0 Å². The van der Waals surface area contributed by atoms with Crippen LogP contribution in [0.4, 0.5) is 5.82 Å². The van der Waals surface area contributed by atoms with E-state index < -0.39 is 0 Å². The summed E-state index contributed by atoms with van der Waals surface area (Å²) >= 11 is 0. The van der Waals surface area contributed by atoms with Crippen LogP contribution in [0.2, 0.25) is 0 Å². The molecule has 0 aliphatic carbocycles. The number of hydrogen-bond donors (Lipinski definition) is 0. The fraction of sp³-hybridized carbons (Fsp3) is 0.526. The van der Waals surface area contributed by atoms with Crippen molar-refractivity contribution in [1.82, 2.24) is 19.9 Å². The number of nitrogens with zero attached hydrogens (tertiary/aromatic N) is 5. The fourth-order valence-corrected chi connectivity index (χ4v) is 2.98. The number of aromatic nitrogens is 3. The van der Waals surface area contributed by atoms with Gasteiger partial charge in [-0.25, -0.2) is 9.97 Å². The third kappa shape index (κ3) is 4.66. The van der Waals surface area contributed by atoms with Crippen LogP contribution in [-0.2, 0) is 6.54 Å². The first-order chi connectivity index (χ1) is 12.0. The van der Waals surface area contributed by atoms with Crippen LogP contribution >= 0.6 is 0 Å². The summed E-state index contributed by atoms with van der Waals surface area (Å²) in [5, 5.41) is 0. The van der Waals surface area contributed by atoms with Crippen molar-refractivity contribution in [2.75, 3.05) is 32.1 Å². The summed E-state index contributed by atoms with van der Waals surface area (Å²) in [5.41, 5.74) is 1.02. The molecule has 2 aromatic rings. The zero-order valence-electron chi connectivity index (χ0n) is 15.5. The highest BCUT2D eigenvalue weighted by Gasteiger charge is 2.25. The molecular formula is C19H27N5O. The van der Waals surface area contributed by atoms with Gasteiger partial charge in [0.05, 0.1) is 12.2 Å². The van der Waals surface area contributed by atoms with Gasteiger partial charge in [-0.2, -0.15) is 0 Å². The lowest BCUT2D eigenvalue weighted by Crippen LogP contribution is -2.25. The number of rotatable bonds is 6. The third-order valence-corrected chi connectivity index (χ3v) is 4.21. The van der Waals surface area contributed by atoms with Gasteiger partial charge >= 0.3 is 0 Å². The molecule has 0 N–H and O–H groups in total. The van der Waals surface area contributed by atoms with E-state index in [9.17, 15) is 0 Å². The van der Waals surface area contributed by atoms with E-state index >= 15 is 0 Å². The van der Waals surface area contributed by atoms with Crippen molar-refractivity contribution in [2.45, 2.75) is 38.8 Å². The monoisotopic (exact) mass is 341 g/mol. The molecular weight excluding hydrogens is 314 g/mol. The number of ether oxygens (including phenoxy) is 1. The quantitative estimate of drug-likeness (QED) is 0.805. The molecule has 3 heterocycles. The molecule has 1 atom stereocenters. The summed E-state index contributed by atoms with van der Waals surface area (Å²) in [6.07, 6.45) is 4.83. The lowest BCUT2D eigenvalue weighted by Gasteiger charge is -2.19. The van der Waals surface area contributed by atoms with Gasteiger partial charge in [-0.3, -0.25) is 4.98 Å². The summed E-state index contributed by atoms with van der Waals surface area (Å²) in [5.74, 6) is 3.11. The van der Waals surface area contributed by atoms with Crippen LogP contribution in [0.5, 0.6) is 5.75 Å². The minimum atomic E-state index is 0.173. The van der Waals surface area contributed by atoms with E-state index in [0.29, 0.717) is 5.92 Å². The molecule has 0 bridgehead atoms. The van der Waals surface area contributed by atoms with Gasteiger partial charge in [-0.05, 0) is 26.2 Å². The Morgan fingerprint density at radius 1 is 1.24 bits per heavy atom. The Morgan fingerprint density at radius 3 is 2.80 bits per heavy atom. The first-order valence-corrected chi connectivity index (χ1v) is 8.85. The second kappa shape index (κ2) is 7.78. The number of anilines is 1. The SMILES string of the molecule is CC(C)c1nccc(N2CCC(Oc3ccnc(CN(C)C)c3)C2)n1. The van der Waals surface area contributed by atoms with Crippen LogP contribution in [-0.4, -0.2) is 53.1 Å². The van der Waals surface area contributed by atoms with E-state index in [4.69, 9.17) is 4.74 Å². The summed E-state index contributed by atoms with van der Waals surface area (Å²) in [6.45, 7) is 6.84. The summed E-state index contributed by atoms with van der Waals surface area (Å²) in [4.78, 5) is 17.8. The lowest BCUT2D eigenvalue weighted by atomic mass is 10.2. The van der Waals surface area contributed by atoms with Crippen LogP contribution in [0.25, 0.3) is 0 Å². The highest BCUT2D eigenvalue weighted by atomic mass is 16.5. The van der Waals surface area contributed by atoms with E-state index in [-0.39, 0.29) is 6.10 Å². The molecule has 1 unspecified atom stereocenters. The average molecular weight is 341 g/mol. The van der Waals surface area contributed by atoms with Gasteiger partial charge in [-0.15, -0.1) is 0 Å². The van der Waals surface area contributed by atoms with Crippen molar-refractivity contribution in [3.63, 3.8) is 0 Å². The van der Waals surface area contributed by atoms with Crippen molar-refractivity contribution in [3.05, 3.63) is 42.1 Å². The molecule has 1 fully saturated rings. The Labute approximate surface area is 149 Å². The smallest absolute Gasteiger partial charge is 0.133 e. The Morgan fingerprint density at radius 2 is 2.04 bits per heavy atom. The van der Waals surface area contributed by atoms with Crippen LogP contribution < -0.4 is 9.64 Å². The second-order valence-electron chi connectivity index (χ2n) is 7.12. The molecule has 3 rings (SSSR count). The molecule has 1 saturated heterocycles. The molecule has 0 spiro atoms. The molecule has 0 radical (unpaired) electrons. The molecule has 6 nitrogen and oxygen atoms in total. The van der Waals surface area contributed by atoms with Crippen molar-refractivity contribution in [1.29, 1.82) is 0 Å². The van der Waals surface area contributed by atoms with Gasteiger partial charge in [0.15, 0.2) is 0 Å². The van der Waals surface area contributed by atoms with Crippen LogP contribution in [0.3, 0.4) is 0 Å². The Hall–Kier alpha value is -2.21. The summed E-state index contributed by atoms with van der Waals surface area (Å²) in [6, 6.07) is 5.95. The van der Waals surface area contributed by atoms with Crippen molar-refractivity contribution in [3.8, 4) is 5.75 Å².